The van der Waals surface area contributed by atoms with Crippen molar-refractivity contribution in [3.63, 3.8) is 0 Å². The molecule has 3 heterocycles. The van der Waals surface area contributed by atoms with Crippen LogP contribution in [0.25, 0.3) is 0 Å². The van der Waals surface area contributed by atoms with Gasteiger partial charge in [0.15, 0.2) is 0 Å². The number of anilines is 2. The van der Waals surface area contributed by atoms with Gasteiger partial charge in [0.1, 0.15) is 5.75 Å². The average molecular weight is 500 g/mol. The molecule has 1 N–H and O–H groups in total. The van der Waals surface area contributed by atoms with E-state index in [1.54, 1.807) is 0 Å². The summed E-state index contributed by atoms with van der Waals surface area (Å²) in [5.41, 5.74) is 5.06. The highest BCUT2D eigenvalue weighted by Crippen LogP contribution is 2.33. The molecule has 5 rings (SSSR count). The van der Waals surface area contributed by atoms with Crippen molar-refractivity contribution in [2.24, 2.45) is 5.92 Å². The first kappa shape index (κ1) is 25.1. The normalized spacial score (nSPS) is 16.0. The molecule has 1 saturated heterocycles. The van der Waals surface area contributed by atoms with Crippen LogP contribution in [-0.4, -0.2) is 40.5 Å². The Kier molecular flexibility index (Phi) is 7.31. The summed E-state index contributed by atoms with van der Waals surface area (Å²) in [6, 6.07) is 15.9. The van der Waals surface area contributed by atoms with Crippen molar-refractivity contribution in [1.29, 1.82) is 0 Å². The van der Waals surface area contributed by atoms with Crippen LogP contribution in [0.15, 0.2) is 48.5 Å². The number of urea groups is 1. The lowest BCUT2D eigenvalue weighted by atomic mass is 9.99. The molecule has 194 valence electrons. The molecule has 1 fully saturated rings. The molecule has 0 saturated carbocycles. The number of aryl methyl sites for hydroxylation is 1. The SMILES string of the molecule is Cc1ccc(Oc2nc(N3CCC(C)CC3)nc3c2CN(C(=O)Nc2ccc(C(C)C)cc2)CC3)cc1. The molecule has 0 radical (unpaired) electrons. The maximum absolute atomic E-state index is 13.2. The number of hydrogen-bond acceptors (Lipinski definition) is 5. The van der Waals surface area contributed by atoms with E-state index in [2.05, 4.69) is 50.0 Å². The predicted octanol–water partition coefficient (Wildman–Crippen LogP) is 6.53. The van der Waals surface area contributed by atoms with Crippen molar-refractivity contribution in [2.45, 2.75) is 59.4 Å². The van der Waals surface area contributed by atoms with Crippen molar-refractivity contribution in [1.82, 2.24) is 14.9 Å². The first-order valence-corrected chi connectivity index (χ1v) is 13.4. The Morgan fingerprint density at radius 2 is 1.70 bits per heavy atom. The van der Waals surface area contributed by atoms with Gasteiger partial charge in [0.2, 0.25) is 11.8 Å². The van der Waals surface area contributed by atoms with Gasteiger partial charge < -0.3 is 19.9 Å². The number of carbonyl (C=O) groups excluding carboxylic acids is 1. The van der Waals surface area contributed by atoms with Crippen molar-refractivity contribution >= 4 is 17.7 Å². The lowest BCUT2D eigenvalue weighted by Gasteiger charge is -2.33. The highest BCUT2D eigenvalue weighted by atomic mass is 16.5. The summed E-state index contributed by atoms with van der Waals surface area (Å²) in [4.78, 5) is 27.1. The number of ether oxygens (including phenoxy) is 1. The summed E-state index contributed by atoms with van der Waals surface area (Å²) in [6.07, 6.45) is 2.94. The molecule has 1 aromatic heterocycles. The van der Waals surface area contributed by atoms with Gasteiger partial charge in [0, 0.05) is 31.7 Å². The zero-order valence-electron chi connectivity index (χ0n) is 22.3. The van der Waals surface area contributed by atoms with Gasteiger partial charge in [-0.3, -0.25) is 0 Å². The van der Waals surface area contributed by atoms with E-state index in [0.717, 1.165) is 60.5 Å². The number of nitrogens with zero attached hydrogens (tertiary/aromatic N) is 4. The topological polar surface area (TPSA) is 70.6 Å². The van der Waals surface area contributed by atoms with Crippen molar-refractivity contribution in [3.8, 4) is 11.6 Å². The van der Waals surface area contributed by atoms with Gasteiger partial charge in [-0.05, 0) is 61.4 Å². The molecular formula is C30H37N5O2. The Labute approximate surface area is 219 Å². The molecule has 7 heteroatoms. The number of nitrogens with one attached hydrogen (secondary N) is 1. The van der Waals surface area contributed by atoms with Crippen molar-refractivity contribution in [2.75, 3.05) is 29.9 Å². The minimum absolute atomic E-state index is 0.127. The molecule has 7 nitrogen and oxygen atoms in total. The van der Waals surface area contributed by atoms with Crippen LogP contribution in [0.3, 0.4) is 0 Å². The highest BCUT2D eigenvalue weighted by Gasteiger charge is 2.29. The monoisotopic (exact) mass is 499 g/mol. The Bertz CT molecular complexity index is 1230. The van der Waals surface area contributed by atoms with Crippen LogP contribution < -0.4 is 15.0 Å². The van der Waals surface area contributed by atoms with Gasteiger partial charge in [-0.25, -0.2) is 9.78 Å². The molecule has 37 heavy (non-hydrogen) atoms. The second-order valence-corrected chi connectivity index (χ2v) is 10.7. The number of fused-ring (bicyclic) bond motifs is 1. The third kappa shape index (κ3) is 5.87. The standard InChI is InChI=1S/C30H37N5O2/c1-20(2)23-7-9-24(10-8-23)31-30(36)35-18-15-27-26(19-35)28(37-25-11-5-21(3)6-12-25)33-29(32-27)34-16-13-22(4)14-17-34/h5-12,20,22H,13-19H2,1-4H3,(H,31,36). The van der Waals surface area contributed by atoms with Crippen LogP contribution in [0.1, 0.15) is 61.9 Å². The summed E-state index contributed by atoms with van der Waals surface area (Å²) in [6.45, 7) is 11.6. The van der Waals surface area contributed by atoms with Gasteiger partial charge in [0.05, 0.1) is 17.8 Å². The largest absolute Gasteiger partial charge is 0.438 e. The van der Waals surface area contributed by atoms with E-state index in [9.17, 15) is 4.79 Å². The minimum atomic E-state index is -0.127. The third-order valence-electron chi connectivity index (χ3n) is 7.43. The minimum Gasteiger partial charge on any atom is -0.438 e. The number of amides is 2. The third-order valence-corrected chi connectivity index (χ3v) is 7.43. The number of piperidine rings is 1. The predicted molar refractivity (Wildman–Crippen MR) is 148 cm³/mol. The van der Waals surface area contributed by atoms with E-state index < -0.39 is 0 Å². The van der Waals surface area contributed by atoms with E-state index >= 15 is 0 Å². The lowest BCUT2D eigenvalue weighted by molar-refractivity contribution is 0.205. The summed E-state index contributed by atoms with van der Waals surface area (Å²) in [5, 5.41) is 3.05. The zero-order chi connectivity index (χ0) is 25.9. The molecule has 0 unspecified atom stereocenters. The molecule has 0 bridgehead atoms. The molecule has 0 atom stereocenters. The van der Waals surface area contributed by atoms with Gasteiger partial charge in [-0.2, -0.15) is 4.98 Å². The second kappa shape index (κ2) is 10.8. The number of aromatic nitrogens is 2. The van der Waals surface area contributed by atoms with Gasteiger partial charge in [-0.15, -0.1) is 0 Å². The summed E-state index contributed by atoms with van der Waals surface area (Å²) < 4.78 is 6.33. The van der Waals surface area contributed by atoms with Crippen LogP contribution in [-0.2, 0) is 13.0 Å². The van der Waals surface area contributed by atoms with Gasteiger partial charge in [-0.1, -0.05) is 50.6 Å². The summed E-state index contributed by atoms with van der Waals surface area (Å²) in [7, 11) is 0. The molecule has 0 aliphatic carbocycles. The first-order valence-electron chi connectivity index (χ1n) is 13.4. The molecule has 0 spiro atoms. The van der Waals surface area contributed by atoms with Crippen LogP contribution >= 0.6 is 0 Å². The number of rotatable bonds is 5. The van der Waals surface area contributed by atoms with Gasteiger partial charge in [0.25, 0.3) is 0 Å². The zero-order valence-corrected chi connectivity index (χ0v) is 22.3. The maximum atomic E-state index is 13.2. The van der Waals surface area contributed by atoms with E-state index in [4.69, 9.17) is 14.7 Å². The molecule has 2 aliphatic rings. The van der Waals surface area contributed by atoms with Gasteiger partial charge >= 0.3 is 6.03 Å². The van der Waals surface area contributed by atoms with Crippen LogP contribution in [0, 0.1) is 12.8 Å². The van der Waals surface area contributed by atoms with E-state index in [1.807, 2.05) is 41.3 Å². The van der Waals surface area contributed by atoms with Crippen molar-refractivity contribution < 1.29 is 9.53 Å². The molecule has 2 amide bonds. The van der Waals surface area contributed by atoms with E-state index in [1.165, 1.54) is 11.1 Å². The van der Waals surface area contributed by atoms with Crippen LogP contribution in [0.2, 0.25) is 0 Å². The molecule has 2 aromatic carbocycles. The fraction of sp³-hybridized carbons (Fsp3) is 0.433. The van der Waals surface area contributed by atoms with Crippen LogP contribution in [0.4, 0.5) is 16.4 Å². The molecule has 2 aliphatic heterocycles. The Hall–Kier alpha value is -3.61. The van der Waals surface area contributed by atoms with Crippen molar-refractivity contribution in [3.05, 3.63) is 70.9 Å². The van der Waals surface area contributed by atoms with Crippen LogP contribution in [0.5, 0.6) is 11.6 Å². The van der Waals surface area contributed by atoms with E-state index in [0.29, 0.717) is 31.3 Å². The smallest absolute Gasteiger partial charge is 0.322 e. The summed E-state index contributed by atoms with van der Waals surface area (Å²) in [5.74, 6) is 3.19. The fourth-order valence-electron chi connectivity index (χ4n) is 4.85. The quantitative estimate of drug-likeness (QED) is 0.432. The maximum Gasteiger partial charge on any atom is 0.322 e. The number of benzene rings is 2. The average Bonchev–Trinajstić information content (AvgIpc) is 2.90. The molecule has 3 aromatic rings. The van der Waals surface area contributed by atoms with E-state index in [-0.39, 0.29) is 6.03 Å². The number of carbonyl (C=O) groups is 1. The Balaban J connectivity index is 1.38. The molecular weight excluding hydrogens is 462 g/mol. The lowest BCUT2D eigenvalue weighted by Crippen LogP contribution is -2.40. The summed E-state index contributed by atoms with van der Waals surface area (Å²) >= 11 is 0. The Morgan fingerprint density at radius 3 is 2.38 bits per heavy atom. The second-order valence-electron chi connectivity index (χ2n) is 10.7. The number of hydrogen-bond donors (Lipinski definition) is 1. The highest BCUT2D eigenvalue weighted by molar-refractivity contribution is 5.89. The Morgan fingerprint density at radius 1 is 1.00 bits per heavy atom. The first-order chi connectivity index (χ1) is 17.9. The fourth-order valence-corrected chi connectivity index (χ4v) is 4.85.